The molecule has 0 saturated carbocycles. The molecule has 0 amide bonds. The predicted octanol–water partition coefficient (Wildman–Crippen LogP) is 6.92. The molecule has 150 valence electrons. The number of aromatic hydroxyl groups is 1. The van der Waals surface area contributed by atoms with E-state index in [1.54, 1.807) is 0 Å². The molecular formula is C25H38O2. The fourth-order valence-electron chi connectivity index (χ4n) is 3.12. The summed E-state index contributed by atoms with van der Waals surface area (Å²) in [6.45, 7) is 14.5. The summed E-state index contributed by atoms with van der Waals surface area (Å²) < 4.78 is 0. The van der Waals surface area contributed by atoms with E-state index in [0.29, 0.717) is 11.3 Å². The van der Waals surface area contributed by atoms with E-state index in [0.717, 1.165) is 24.0 Å². The van der Waals surface area contributed by atoms with Crippen LogP contribution in [0.5, 0.6) is 5.75 Å². The summed E-state index contributed by atoms with van der Waals surface area (Å²) in [7, 11) is 0. The second-order valence-corrected chi connectivity index (χ2v) is 9.57. The lowest BCUT2D eigenvalue weighted by atomic mass is 9.78. The van der Waals surface area contributed by atoms with Crippen molar-refractivity contribution in [3.63, 3.8) is 0 Å². The van der Waals surface area contributed by atoms with E-state index in [1.807, 2.05) is 53.7 Å². The number of rotatable bonds is 7. The highest BCUT2D eigenvalue weighted by Crippen LogP contribution is 2.39. The third-order valence-electron chi connectivity index (χ3n) is 4.85. The topological polar surface area (TPSA) is 37.3 Å². The zero-order valence-electron chi connectivity index (χ0n) is 18.5. The van der Waals surface area contributed by atoms with Crippen molar-refractivity contribution in [2.45, 2.75) is 104 Å². The first-order chi connectivity index (χ1) is 12.5. The lowest BCUT2D eigenvalue weighted by Crippen LogP contribution is -2.18. The molecule has 0 fully saturated rings. The fraction of sp³-hybridized carbons (Fsp3) is 0.640. The van der Waals surface area contributed by atoms with Gasteiger partial charge in [0, 0.05) is 23.1 Å². The number of carbonyl (C=O) groups is 1. The van der Waals surface area contributed by atoms with Crippen LogP contribution < -0.4 is 0 Å². The molecule has 27 heavy (non-hydrogen) atoms. The molecule has 0 unspecified atom stereocenters. The van der Waals surface area contributed by atoms with Gasteiger partial charge in [0.15, 0.2) is 0 Å². The number of unbranched alkanes of at least 4 members (excludes halogenated alkanes) is 6. The zero-order valence-corrected chi connectivity index (χ0v) is 18.5. The molecule has 0 saturated heterocycles. The standard InChI is InChI=1S/C25H38O2/c1-8-9-10-11-12-13-14-15-16-22(26)19-17-20(24(2,3)4)23(27)21(18-19)25(5,6)7/h17-18,27H,8-14H2,1-7H3. The van der Waals surface area contributed by atoms with Crippen LogP contribution in [0.4, 0.5) is 0 Å². The van der Waals surface area contributed by atoms with Crippen molar-refractivity contribution in [2.75, 3.05) is 0 Å². The molecule has 1 N–H and O–H groups in total. The van der Waals surface area contributed by atoms with Crippen molar-refractivity contribution >= 4 is 5.78 Å². The molecule has 0 radical (unpaired) electrons. The Bertz CT molecular complexity index is 653. The van der Waals surface area contributed by atoms with Crippen molar-refractivity contribution in [3.05, 3.63) is 28.8 Å². The first-order valence-electron chi connectivity index (χ1n) is 10.4. The Labute approximate surface area is 166 Å². The minimum Gasteiger partial charge on any atom is -0.507 e. The molecular weight excluding hydrogens is 332 g/mol. The number of ketones is 1. The smallest absolute Gasteiger partial charge is 0.235 e. The molecule has 0 aliphatic rings. The fourth-order valence-corrected chi connectivity index (χ4v) is 3.12. The minimum atomic E-state index is -0.244. The molecule has 1 aromatic rings. The third-order valence-corrected chi connectivity index (χ3v) is 4.85. The number of hydrogen-bond donors (Lipinski definition) is 1. The highest BCUT2D eigenvalue weighted by atomic mass is 16.3. The number of Topliss-reactive ketones (excluding diaryl/α,β-unsaturated/α-hetero) is 1. The van der Waals surface area contributed by atoms with Crippen LogP contribution in [0.1, 0.15) is 115 Å². The Balaban J connectivity index is 2.93. The van der Waals surface area contributed by atoms with Crippen LogP contribution in [0.3, 0.4) is 0 Å². The molecule has 0 aliphatic carbocycles. The van der Waals surface area contributed by atoms with Crippen molar-refractivity contribution in [1.82, 2.24) is 0 Å². The van der Waals surface area contributed by atoms with E-state index in [2.05, 4.69) is 18.8 Å². The van der Waals surface area contributed by atoms with Gasteiger partial charge >= 0.3 is 0 Å². The average molecular weight is 371 g/mol. The van der Waals surface area contributed by atoms with E-state index in [1.165, 1.54) is 32.1 Å². The van der Waals surface area contributed by atoms with Crippen LogP contribution in [0, 0.1) is 11.8 Å². The van der Waals surface area contributed by atoms with Crippen LogP contribution in [0.25, 0.3) is 0 Å². The van der Waals surface area contributed by atoms with E-state index in [9.17, 15) is 9.90 Å². The van der Waals surface area contributed by atoms with Gasteiger partial charge in [-0.2, -0.15) is 0 Å². The Morgan fingerprint density at radius 2 is 1.37 bits per heavy atom. The summed E-state index contributed by atoms with van der Waals surface area (Å²) in [4.78, 5) is 12.6. The van der Waals surface area contributed by atoms with Crippen molar-refractivity contribution in [2.24, 2.45) is 0 Å². The van der Waals surface area contributed by atoms with Gasteiger partial charge in [-0.15, -0.1) is 0 Å². The molecule has 0 aromatic heterocycles. The number of benzene rings is 1. The molecule has 0 heterocycles. The van der Waals surface area contributed by atoms with Crippen LogP contribution >= 0.6 is 0 Å². The van der Waals surface area contributed by atoms with Gasteiger partial charge in [0.25, 0.3) is 0 Å². The molecule has 0 spiro atoms. The van der Waals surface area contributed by atoms with Crippen LogP contribution in [-0.2, 0) is 10.8 Å². The summed E-state index contributed by atoms with van der Waals surface area (Å²) in [5.41, 5.74) is 1.70. The molecule has 1 rings (SSSR count). The van der Waals surface area contributed by atoms with Gasteiger partial charge in [-0.25, -0.2) is 0 Å². The van der Waals surface area contributed by atoms with Gasteiger partial charge in [0.2, 0.25) is 5.78 Å². The first kappa shape index (κ1) is 23.3. The maximum Gasteiger partial charge on any atom is 0.235 e. The Morgan fingerprint density at radius 1 is 0.889 bits per heavy atom. The van der Waals surface area contributed by atoms with Gasteiger partial charge in [-0.3, -0.25) is 4.79 Å². The van der Waals surface area contributed by atoms with Crippen LogP contribution in [0.2, 0.25) is 0 Å². The van der Waals surface area contributed by atoms with E-state index < -0.39 is 0 Å². The number of phenols is 1. The number of carbonyl (C=O) groups excluding carboxylic acids is 1. The van der Waals surface area contributed by atoms with E-state index in [-0.39, 0.29) is 16.6 Å². The second-order valence-electron chi connectivity index (χ2n) is 9.57. The van der Waals surface area contributed by atoms with Crippen LogP contribution in [0.15, 0.2) is 12.1 Å². The van der Waals surface area contributed by atoms with E-state index >= 15 is 0 Å². The van der Waals surface area contributed by atoms with Gasteiger partial charge in [-0.05, 0) is 35.3 Å². The maximum absolute atomic E-state index is 12.6. The van der Waals surface area contributed by atoms with Crippen molar-refractivity contribution < 1.29 is 9.90 Å². The normalized spacial score (nSPS) is 11.8. The quantitative estimate of drug-likeness (QED) is 0.245. The number of hydrogen-bond acceptors (Lipinski definition) is 2. The predicted molar refractivity (Wildman–Crippen MR) is 116 cm³/mol. The summed E-state index contributed by atoms with van der Waals surface area (Å²) >= 11 is 0. The zero-order chi connectivity index (χ0) is 20.7. The number of phenolic OH excluding ortho intramolecular Hbond substituents is 1. The minimum absolute atomic E-state index is 0.156. The van der Waals surface area contributed by atoms with Crippen LogP contribution in [-0.4, -0.2) is 10.9 Å². The van der Waals surface area contributed by atoms with E-state index in [4.69, 9.17) is 0 Å². The summed E-state index contributed by atoms with van der Waals surface area (Å²) in [6, 6.07) is 3.62. The Kier molecular flexibility index (Phi) is 8.60. The van der Waals surface area contributed by atoms with Gasteiger partial charge in [0.05, 0.1) is 0 Å². The van der Waals surface area contributed by atoms with Gasteiger partial charge < -0.3 is 5.11 Å². The van der Waals surface area contributed by atoms with Gasteiger partial charge in [0.1, 0.15) is 5.75 Å². The second kappa shape index (κ2) is 9.98. The summed E-state index contributed by atoms with van der Waals surface area (Å²) in [6.07, 6.45) is 8.12. The molecule has 0 bridgehead atoms. The SMILES string of the molecule is CCCCCCCCC#CC(=O)c1cc(C(C)(C)C)c(O)c(C(C)(C)C)c1. The van der Waals surface area contributed by atoms with Crippen molar-refractivity contribution in [1.29, 1.82) is 0 Å². The lowest BCUT2D eigenvalue weighted by molar-refractivity contribution is 0.105. The highest BCUT2D eigenvalue weighted by Gasteiger charge is 2.27. The largest absolute Gasteiger partial charge is 0.507 e. The molecule has 2 heteroatoms. The highest BCUT2D eigenvalue weighted by molar-refractivity contribution is 6.09. The van der Waals surface area contributed by atoms with Crippen molar-refractivity contribution in [3.8, 4) is 17.6 Å². The average Bonchev–Trinajstić information content (AvgIpc) is 2.55. The molecule has 1 aromatic carbocycles. The maximum atomic E-state index is 12.6. The summed E-state index contributed by atoms with van der Waals surface area (Å²) in [5, 5.41) is 10.8. The Morgan fingerprint density at radius 3 is 1.85 bits per heavy atom. The summed E-state index contributed by atoms with van der Waals surface area (Å²) in [5.74, 6) is 5.99. The lowest BCUT2D eigenvalue weighted by Gasteiger charge is -2.27. The van der Waals surface area contributed by atoms with Gasteiger partial charge in [-0.1, -0.05) is 86.5 Å². The monoisotopic (exact) mass is 370 g/mol. The first-order valence-corrected chi connectivity index (χ1v) is 10.4. The molecule has 0 aliphatic heterocycles. The molecule has 0 atom stereocenters. The molecule has 2 nitrogen and oxygen atoms in total. The Hall–Kier alpha value is -1.75. The third kappa shape index (κ3) is 7.41.